The Kier molecular flexibility index (Phi) is 2.57. The maximum Gasteiger partial charge on any atom is 0.0899 e. The van der Waals surface area contributed by atoms with Gasteiger partial charge in [-0.25, -0.2) is 0 Å². The third kappa shape index (κ3) is 1.81. The Morgan fingerprint density at radius 1 is 1.38 bits per heavy atom. The van der Waals surface area contributed by atoms with Crippen LogP contribution in [0, 0.1) is 0 Å². The van der Waals surface area contributed by atoms with E-state index < -0.39 is 5.60 Å². The molecule has 2 nitrogen and oxygen atoms in total. The Hall–Kier alpha value is -0.380. The van der Waals surface area contributed by atoms with Crippen molar-refractivity contribution in [3.8, 4) is 0 Å². The zero-order valence-corrected chi connectivity index (χ0v) is 10.7. The minimum Gasteiger partial charge on any atom is -0.385 e. The van der Waals surface area contributed by atoms with Crippen LogP contribution in [0.25, 0.3) is 0 Å². The second kappa shape index (κ2) is 3.83. The molecule has 0 bridgehead atoms. The van der Waals surface area contributed by atoms with Crippen molar-refractivity contribution >= 4 is 15.9 Å². The molecule has 0 amide bonds. The van der Waals surface area contributed by atoms with Crippen molar-refractivity contribution in [2.75, 3.05) is 13.2 Å². The van der Waals surface area contributed by atoms with Crippen molar-refractivity contribution in [2.45, 2.75) is 30.8 Å². The van der Waals surface area contributed by atoms with Crippen LogP contribution in [0.5, 0.6) is 0 Å². The standard InChI is InChI=1S/C13H15BrO2/c14-12-7-10(13(15)4-5-13)1-2-11(12)9-3-6-16-8-9/h1-2,7,9,15H,3-6,8H2. The fourth-order valence-electron chi connectivity index (χ4n) is 2.33. The van der Waals surface area contributed by atoms with E-state index in [1.807, 2.05) is 0 Å². The Labute approximate surface area is 104 Å². The van der Waals surface area contributed by atoms with Gasteiger partial charge in [0.1, 0.15) is 0 Å². The fraction of sp³-hybridized carbons (Fsp3) is 0.538. The molecule has 1 aliphatic carbocycles. The minimum absolute atomic E-state index is 0.511. The molecule has 0 radical (unpaired) electrons. The molecule has 1 unspecified atom stereocenters. The van der Waals surface area contributed by atoms with Crippen LogP contribution >= 0.6 is 15.9 Å². The number of ether oxygens (including phenoxy) is 1. The quantitative estimate of drug-likeness (QED) is 0.904. The number of hydrogen-bond acceptors (Lipinski definition) is 2. The lowest BCUT2D eigenvalue weighted by atomic mass is 9.96. The molecule has 1 saturated heterocycles. The molecule has 1 N–H and O–H groups in total. The predicted octanol–water partition coefficient (Wildman–Crippen LogP) is 2.93. The Morgan fingerprint density at radius 3 is 2.75 bits per heavy atom. The van der Waals surface area contributed by atoms with Gasteiger partial charge in [0.2, 0.25) is 0 Å². The van der Waals surface area contributed by atoms with Gasteiger partial charge in [-0.3, -0.25) is 0 Å². The third-order valence-corrected chi connectivity index (χ3v) is 4.32. The zero-order chi connectivity index (χ0) is 11.2. The van der Waals surface area contributed by atoms with Gasteiger partial charge in [-0.05, 0) is 36.5 Å². The minimum atomic E-state index is -0.534. The number of rotatable bonds is 2. The smallest absolute Gasteiger partial charge is 0.0899 e. The van der Waals surface area contributed by atoms with E-state index in [1.165, 1.54) is 5.56 Å². The van der Waals surface area contributed by atoms with Gasteiger partial charge in [-0.1, -0.05) is 28.1 Å². The monoisotopic (exact) mass is 282 g/mol. The topological polar surface area (TPSA) is 29.5 Å². The lowest BCUT2D eigenvalue weighted by Crippen LogP contribution is -2.06. The fourth-order valence-corrected chi connectivity index (χ4v) is 3.04. The molecule has 1 aromatic carbocycles. The summed E-state index contributed by atoms with van der Waals surface area (Å²) in [4.78, 5) is 0. The Morgan fingerprint density at radius 2 is 2.19 bits per heavy atom. The lowest BCUT2D eigenvalue weighted by Gasteiger charge is -2.14. The van der Waals surface area contributed by atoms with Gasteiger partial charge in [0.25, 0.3) is 0 Å². The number of benzene rings is 1. The summed E-state index contributed by atoms with van der Waals surface area (Å²) in [6, 6.07) is 6.26. The number of halogens is 1. The number of hydrogen-bond donors (Lipinski definition) is 1. The van der Waals surface area contributed by atoms with Crippen molar-refractivity contribution in [3.05, 3.63) is 33.8 Å². The summed E-state index contributed by atoms with van der Waals surface area (Å²) in [5.41, 5.74) is 1.82. The SMILES string of the molecule is OC1(c2ccc(C3CCOC3)c(Br)c2)CC1. The first-order valence-electron chi connectivity index (χ1n) is 5.79. The van der Waals surface area contributed by atoms with Crippen LogP contribution in [0.2, 0.25) is 0 Å². The van der Waals surface area contributed by atoms with Crippen molar-refractivity contribution in [1.29, 1.82) is 0 Å². The van der Waals surface area contributed by atoms with Gasteiger partial charge < -0.3 is 9.84 Å². The molecule has 2 fully saturated rings. The summed E-state index contributed by atoms with van der Waals surface area (Å²) in [5.74, 6) is 0.511. The maximum absolute atomic E-state index is 10.0. The largest absolute Gasteiger partial charge is 0.385 e. The zero-order valence-electron chi connectivity index (χ0n) is 9.08. The van der Waals surface area contributed by atoms with Crippen LogP contribution in [0.4, 0.5) is 0 Å². The summed E-state index contributed by atoms with van der Waals surface area (Å²) < 4.78 is 6.52. The highest BCUT2D eigenvalue weighted by molar-refractivity contribution is 9.10. The van der Waals surface area contributed by atoms with Crippen molar-refractivity contribution in [1.82, 2.24) is 0 Å². The molecule has 1 atom stereocenters. The van der Waals surface area contributed by atoms with Crippen molar-refractivity contribution in [3.63, 3.8) is 0 Å². The molecule has 0 aromatic heterocycles. The predicted molar refractivity (Wildman–Crippen MR) is 65.4 cm³/mol. The van der Waals surface area contributed by atoms with Crippen LogP contribution < -0.4 is 0 Å². The highest BCUT2D eigenvalue weighted by Gasteiger charge is 2.42. The first kappa shape index (κ1) is 10.8. The molecule has 1 heterocycles. The van der Waals surface area contributed by atoms with Crippen LogP contribution in [0.15, 0.2) is 22.7 Å². The van der Waals surface area contributed by atoms with Crippen LogP contribution in [0.1, 0.15) is 36.3 Å². The molecule has 1 aliphatic heterocycles. The number of aliphatic hydroxyl groups is 1. The average molecular weight is 283 g/mol. The molecule has 86 valence electrons. The normalized spacial score (nSPS) is 27.0. The Bertz CT molecular complexity index is 406. The van der Waals surface area contributed by atoms with E-state index >= 15 is 0 Å². The van der Waals surface area contributed by atoms with Gasteiger partial charge in [0.05, 0.1) is 12.2 Å². The van der Waals surface area contributed by atoms with E-state index in [1.54, 1.807) is 0 Å². The molecule has 3 rings (SSSR count). The molecular formula is C13H15BrO2. The molecule has 2 aliphatic rings. The molecule has 16 heavy (non-hydrogen) atoms. The summed E-state index contributed by atoms with van der Waals surface area (Å²) >= 11 is 3.61. The van der Waals surface area contributed by atoms with Crippen LogP contribution in [0.3, 0.4) is 0 Å². The highest BCUT2D eigenvalue weighted by Crippen LogP contribution is 2.46. The molecule has 1 aromatic rings. The van der Waals surface area contributed by atoms with Crippen molar-refractivity contribution in [2.24, 2.45) is 0 Å². The van der Waals surface area contributed by atoms with E-state index in [0.717, 1.165) is 42.5 Å². The van der Waals surface area contributed by atoms with E-state index in [2.05, 4.69) is 34.1 Å². The van der Waals surface area contributed by atoms with Crippen LogP contribution in [-0.2, 0) is 10.3 Å². The lowest BCUT2D eigenvalue weighted by molar-refractivity contribution is 0.151. The highest BCUT2D eigenvalue weighted by atomic mass is 79.9. The molecule has 0 spiro atoms. The van der Waals surface area contributed by atoms with E-state index in [-0.39, 0.29) is 0 Å². The Balaban J connectivity index is 1.90. The second-order valence-corrected chi connectivity index (χ2v) is 5.68. The third-order valence-electron chi connectivity index (χ3n) is 3.63. The maximum atomic E-state index is 10.0. The van der Waals surface area contributed by atoms with Crippen molar-refractivity contribution < 1.29 is 9.84 Å². The van der Waals surface area contributed by atoms with Gasteiger partial charge in [-0.2, -0.15) is 0 Å². The summed E-state index contributed by atoms with van der Waals surface area (Å²) in [6.07, 6.45) is 2.89. The second-order valence-electron chi connectivity index (χ2n) is 4.83. The van der Waals surface area contributed by atoms with Gasteiger partial charge in [-0.15, -0.1) is 0 Å². The summed E-state index contributed by atoms with van der Waals surface area (Å²) in [5, 5.41) is 10.0. The van der Waals surface area contributed by atoms with E-state index in [0.29, 0.717) is 5.92 Å². The van der Waals surface area contributed by atoms with Gasteiger partial charge >= 0.3 is 0 Å². The average Bonchev–Trinajstić information content (AvgIpc) is 2.82. The first-order chi connectivity index (χ1) is 7.69. The van der Waals surface area contributed by atoms with Crippen LogP contribution in [-0.4, -0.2) is 18.3 Å². The van der Waals surface area contributed by atoms with E-state index in [4.69, 9.17) is 4.74 Å². The summed E-state index contributed by atoms with van der Waals surface area (Å²) in [7, 11) is 0. The van der Waals surface area contributed by atoms with Gasteiger partial charge in [0, 0.05) is 17.0 Å². The molecule has 3 heteroatoms. The molecular weight excluding hydrogens is 268 g/mol. The van der Waals surface area contributed by atoms with Gasteiger partial charge in [0.15, 0.2) is 0 Å². The molecule has 1 saturated carbocycles. The summed E-state index contributed by atoms with van der Waals surface area (Å²) in [6.45, 7) is 1.69. The first-order valence-corrected chi connectivity index (χ1v) is 6.58. The van der Waals surface area contributed by atoms with E-state index in [9.17, 15) is 5.11 Å².